The van der Waals surface area contributed by atoms with Gasteiger partial charge in [0, 0.05) is 63.2 Å². The van der Waals surface area contributed by atoms with E-state index in [4.69, 9.17) is 9.47 Å². The Bertz CT molecular complexity index is 718. The number of hydrogen-bond acceptors (Lipinski definition) is 5. The highest BCUT2D eigenvalue weighted by molar-refractivity contribution is 5.77. The summed E-state index contributed by atoms with van der Waals surface area (Å²) in [5.41, 5.74) is 2.53. The second-order valence-corrected chi connectivity index (χ2v) is 8.37. The van der Waals surface area contributed by atoms with Crippen LogP contribution in [0.3, 0.4) is 0 Å². The van der Waals surface area contributed by atoms with Crippen LogP contribution in [0.4, 0.5) is 0 Å². The molecule has 3 aliphatic rings. The summed E-state index contributed by atoms with van der Waals surface area (Å²) in [6.45, 7) is 6.93. The summed E-state index contributed by atoms with van der Waals surface area (Å²) >= 11 is 0. The first-order chi connectivity index (χ1) is 12.9. The van der Waals surface area contributed by atoms with Gasteiger partial charge in [-0.15, -0.1) is 0 Å². The molecule has 0 aromatic carbocycles. The zero-order chi connectivity index (χ0) is 19.2. The second kappa shape index (κ2) is 7.18. The molecular formula is C20H31N3O4. The number of hydrogen-bond donors (Lipinski definition) is 1. The van der Waals surface area contributed by atoms with E-state index in [-0.39, 0.29) is 23.8 Å². The maximum atomic E-state index is 13.2. The van der Waals surface area contributed by atoms with E-state index < -0.39 is 5.60 Å². The summed E-state index contributed by atoms with van der Waals surface area (Å²) in [4.78, 5) is 15.2. The summed E-state index contributed by atoms with van der Waals surface area (Å²) in [7, 11) is 1.94. The smallest absolute Gasteiger partial charge is 0.223 e. The molecule has 0 radical (unpaired) electrons. The molecular weight excluding hydrogens is 346 g/mol. The minimum Gasteiger partial charge on any atom is -0.389 e. The highest BCUT2D eigenvalue weighted by Crippen LogP contribution is 2.44. The average Bonchev–Trinajstić information content (AvgIpc) is 2.91. The molecule has 3 fully saturated rings. The van der Waals surface area contributed by atoms with Crippen molar-refractivity contribution in [2.24, 2.45) is 18.9 Å². The Morgan fingerprint density at radius 2 is 2.07 bits per heavy atom. The van der Waals surface area contributed by atoms with Crippen molar-refractivity contribution in [1.29, 1.82) is 0 Å². The lowest BCUT2D eigenvalue weighted by atomic mass is 9.66. The Hall–Kier alpha value is -1.44. The van der Waals surface area contributed by atoms with Gasteiger partial charge in [0.2, 0.25) is 5.91 Å². The zero-order valence-electron chi connectivity index (χ0n) is 16.6. The maximum absolute atomic E-state index is 13.2. The van der Waals surface area contributed by atoms with Crippen molar-refractivity contribution in [2.75, 3.05) is 33.0 Å². The van der Waals surface area contributed by atoms with Gasteiger partial charge in [0.15, 0.2) is 0 Å². The first kappa shape index (κ1) is 18.9. The molecule has 0 bridgehead atoms. The fraction of sp³-hybridized carbons (Fsp3) is 0.800. The molecule has 3 saturated heterocycles. The highest BCUT2D eigenvalue weighted by Gasteiger charge is 2.56. The van der Waals surface area contributed by atoms with Crippen molar-refractivity contribution in [3.63, 3.8) is 0 Å². The van der Waals surface area contributed by atoms with Crippen LogP contribution in [-0.4, -0.2) is 70.3 Å². The lowest BCUT2D eigenvalue weighted by Crippen LogP contribution is -2.68. The van der Waals surface area contributed by atoms with Crippen LogP contribution < -0.4 is 0 Å². The Labute approximate surface area is 160 Å². The number of aromatic nitrogens is 2. The number of aliphatic hydroxyl groups is 1. The number of rotatable bonds is 3. The first-order valence-corrected chi connectivity index (χ1v) is 10.1. The van der Waals surface area contributed by atoms with Crippen LogP contribution in [-0.2, 0) is 27.7 Å². The van der Waals surface area contributed by atoms with Crippen LogP contribution in [0.15, 0.2) is 0 Å². The van der Waals surface area contributed by atoms with Gasteiger partial charge in [-0.1, -0.05) is 0 Å². The number of nitrogens with zero attached hydrogens (tertiary/aromatic N) is 3. The third kappa shape index (κ3) is 3.19. The Balaban J connectivity index is 1.51. The molecule has 150 valence electrons. The molecule has 4 atom stereocenters. The number of carbonyl (C=O) groups is 1. The Morgan fingerprint density at radius 3 is 2.81 bits per heavy atom. The van der Waals surface area contributed by atoms with Crippen LogP contribution >= 0.6 is 0 Å². The lowest BCUT2D eigenvalue weighted by molar-refractivity contribution is -0.219. The van der Waals surface area contributed by atoms with Crippen LogP contribution in [0.2, 0.25) is 0 Å². The summed E-state index contributed by atoms with van der Waals surface area (Å²) in [5, 5.41) is 15.8. The Kier molecular flexibility index (Phi) is 5.03. The normalized spacial score (nSPS) is 33.5. The van der Waals surface area contributed by atoms with Gasteiger partial charge in [-0.05, 0) is 32.3 Å². The van der Waals surface area contributed by atoms with Gasteiger partial charge < -0.3 is 19.5 Å². The van der Waals surface area contributed by atoms with Crippen molar-refractivity contribution in [1.82, 2.24) is 14.7 Å². The molecule has 4 heterocycles. The number of carbonyl (C=O) groups excluding carboxylic acids is 1. The molecule has 3 aliphatic heterocycles. The number of fused-ring (bicyclic) bond motifs is 3. The molecule has 1 amide bonds. The third-order valence-electron chi connectivity index (χ3n) is 7.02. The Morgan fingerprint density at radius 1 is 1.30 bits per heavy atom. The maximum Gasteiger partial charge on any atom is 0.223 e. The van der Waals surface area contributed by atoms with E-state index in [0.29, 0.717) is 52.2 Å². The van der Waals surface area contributed by atoms with Gasteiger partial charge in [-0.3, -0.25) is 9.48 Å². The molecule has 27 heavy (non-hydrogen) atoms. The zero-order valence-corrected chi connectivity index (χ0v) is 16.6. The predicted molar refractivity (Wildman–Crippen MR) is 99.3 cm³/mol. The number of likely N-dealkylation sites (tertiary alicyclic amines) is 1. The molecule has 0 saturated carbocycles. The van der Waals surface area contributed by atoms with Gasteiger partial charge in [-0.25, -0.2) is 0 Å². The van der Waals surface area contributed by atoms with Gasteiger partial charge >= 0.3 is 0 Å². The number of ether oxygens (including phenoxy) is 2. The fourth-order valence-corrected chi connectivity index (χ4v) is 5.30. The number of piperidine rings is 1. The van der Waals surface area contributed by atoms with Crippen molar-refractivity contribution in [3.05, 3.63) is 17.0 Å². The van der Waals surface area contributed by atoms with Crippen molar-refractivity contribution < 1.29 is 19.4 Å². The van der Waals surface area contributed by atoms with E-state index in [1.807, 2.05) is 23.6 Å². The summed E-state index contributed by atoms with van der Waals surface area (Å²) in [5.74, 6) is 0.127. The van der Waals surface area contributed by atoms with Gasteiger partial charge in [0.1, 0.15) is 0 Å². The predicted octanol–water partition coefficient (Wildman–Crippen LogP) is 0.984. The minimum atomic E-state index is -0.767. The van der Waals surface area contributed by atoms with E-state index in [1.165, 1.54) is 5.56 Å². The fourth-order valence-electron chi connectivity index (χ4n) is 5.30. The summed E-state index contributed by atoms with van der Waals surface area (Å²) < 4.78 is 13.2. The first-order valence-electron chi connectivity index (χ1n) is 10.1. The molecule has 7 heteroatoms. The van der Waals surface area contributed by atoms with E-state index in [0.717, 1.165) is 17.8 Å². The minimum absolute atomic E-state index is 0.0142. The van der Waals surface area contributed by atoms with E-state index >= 15 is 0 Å². The summed E-state index contributed by atoms with van der Waals surface area (Å²) in [6, 6.07) is 0.0710. The lowest BCUT2D eigenvalue weighted by Gasteiger charge is -2.57. The molecule has 0 aliphatic carbocycles. The largest absolute Gasteiger partial charge is 0.389 e. The van der Waals surface area contributed by atoms with Gasteiger partial charge in [0.05, 0.1) is 24.5 Å². The number of amides is 1. The topological polar surface area (TPSA) is 76.8 Å². The standard InChI is InChI=1S/C20H31N3O4/c1-13-16(14(2)22(3)21-13)4-5-19(24)23-10-15-11-27-9-7-20(15,25)17-12-26-8-6-18(17)23/h15,17-18,25H,4-12H2,1-3H3/t15-,17+,18-,20-/m0/s1. The summed E-state index contributed by atoms with van der Waals surface area (Å²) in [6.07, 6.45) is 2.62. The monoisotopic (exact) mass is 377 g/mol. The van der Waals surface area contributed by atoms with Crippen molar-refractivity contribution in [3.8, 4) is 0 Å². The van der Waals surface area contributed by atoms with Gasteiger partial charge in [0.25, 0.3) is 0 Å². The average molecular weight is 377 g/mol. The highest BCUT2D eigenvalue weighted by atomic mass is 16.5. The second-order valence-electron chi connectivity index (χ2n) is 8.37. The molecule has 4 rings (SSSR count). The van der Waals surface area contributed by atoms with Gasteiger partial charge in [-0.2, -0.15) is 5.10 Å². The van der Waals surface area contributed by atoms with Crippen LogP contribution in [0.5, 0.6) is 0 Å². The van der Waals surface area contributed by atoms with Crippen molar-refractivity contribution in [2.45, 2.75) is 51.2 Å². The van der Waals surface area contributed by atoms with Crippen molar-refractivity contribution >= 4 is 5.91 Å². The number of aryl methyl sites for hydroxylation is 2. The molecule has 0 spiro atoms. The molecule has 1 aromatic heterocycles. The van der Waals surface area contributed by atoms with E-state index in [1.54, 1.807) is 0 Å². The van der Waals surface area contributed by atoms with Crippen LogP contribution in [0.1, 0.15) is 36.2 Å². The SMILES string of the molecule is Cc1nn(C)c(C)c1CCC(=O)N1C[C@H]2COCC[C@@]2(O)[C@@H]2COCC[C@@H]21. The molecule has 0 unspecified atom stereocenters. The quantitative estimate of drug-likeness (QED) is 0.850. The molecule has 1 N–H and O–H groups in total. The van der Waals surface area contributed by atoms with E-state index in [2.05, 4.69) is 12.0 Å². The van der Waals surface area contributed by atoms with E-state index in [9.17, 15) is 9.90 Å². The third-order valence-corrected chi connectivity index (χ3v) is 7.02. The molecule has 7 nitrogen and oxygen atoms in total. The molecule has 1 aromatic rings. The van der Waals surface area contributed by atoms with Crippen LogP contribution in [0, 0.1) is 25.7 Å². The van der Waals surface area contributed by atoms with Crippen LogP contribution in [0.25, 0.3) is 0 Å².